The lowest BCUT2D eigenvalue weighted by Crippen LogP contribution is -2.26. The third-order valence-electron chi connectivity index (χ3n) is 3.15. The van der Waals surface area contributed by atoms with Gasteiger partial charge in [0.1, 0.15) is 6.61 Å². The normalized spacial score (nSPS) is 22.2. The van der Waals surface area contributed by atoms with Crippen LogP contribution < -0.4 is 10.6 Å². The van der Waals surface area contributed by atoms with Gasteiger partial charge in [-0.2, -0.15) is 0 Å². The summed E-state index contributed by atoms with van der Waals surface area (Å²) in [6.45, 7) is 2.92. The van der Waals surface area contributed by atoms with Crippen molar-refractivity contribution in [3.63, 3.8) is 0 Å². The van der Waals surface area contributed by atoms with E-state index >= 15 is 0 Å². The Balaban J connectivity index is 1.96. The van der Waals surface area contributed by atoms with E-state index in [4.69, 9.17) is 9.47 Å². The lowest BCUT2D eigenvalue weighted by molar-refractivity contribution is -0.119. The van der Waals surface area contributed by atoms with E-state index in [1.807, 2.05) is 24.3 Å². The van der Waals surface area contributed by atoms with Crippen molar-refractivity contribution in [1.82, 2.24) is 0 Å². The van der Waals surface area contributed by atoms with Gasteiger partial charge in [0, 0.05) is 25.1 Å². The smallest absolute Gasteiger partial charge is 0.250 e. The highest BCUT2D eigenvalue weighted by Gasteiger charge is 2.23. The summed E-state index contributed by atoms with van der Waals surface area (Å²) in [4.78, 5) is 11.4. The molecule has 0 spiro atoms. The summed E-state index contributed by atoms with van der Waals surface area (Å²) in [6.07, 6.45) is 1.22. The molecule has 1 heterocycles. The van der Waals surface area contributed by atoms with Crippen LogP contribution in [0, 0.1) is 0 Å². The zero-order chi connectivity index (χ0) is 13.7. The SMILES string of the molecule is COCC(=O)Nc1cccc(NC2CCOC2C)c1. The monoisotopic (exact) mass is 264 g/mol. The second-order valence-electron chi connectivity index (χ2n) is 4.68. The molecule has 1 fully saturated rings. The standard InChI is InChI=1S/C14H20N2O3/c1-10-13(6-7-19-10)15-11-4-3-5-12(8-11)16-14(17)9-18-2/h3-5,8,10,13,15H,6-7,9H2,1-2H3,(H,16,17). The predicted molar refractivity (Wildman–Crippen MR) is 74.4 cm³/mol. The van der Waals surface area contributed by atoms with Crippen LogP contribution >= 0.6 is 0 Å². The summed E-state index contributed by atoms with van der Waals surface area (Å²) in [6, 6.07) is 7.98. The van der Waals surface area contributed by atoms with Gasteiger partial charge in [-0.05, 0) is 31.5 Å². The van der Waals surface area contributed by atoms with Crippen molar-refractivity contribution in [2.45, 2.75) is 25.5 Å². The summed E-state index contributed by atoms with van der Waals surface area (Å²) in [5.41, 5.74) is 1.75. The Kier molecular flexibility index (Phi) is 4.76. The van der Waals surface area contributed by atoms with Crippen molar-refractivity contribution in [1.29, 1.82) is 0 Å². The van der Waals surface area contributed by atoms with Gasteiger partial charge in [0.05, 0.1) is 12.1 Å². The molecule has 5 heteroatoms. The first kappa shape index (κ1) is 13.8. The molecule has 1 aromatic carbocycles. The van der Waals surface area contributed by atoms with Crippen LogP contribution in [0.2, 0.25) is 0 Å². The first-order chi connectivity index (χ1) is 9.19. The Morgan fingerprint density at radius 1 is 1.47 bits per heavy atom. The molecular formula is C14H20N2O3. The Bertz CT molecular complexity index is 436. The number of nitrogens with one attached hydrogen (secondary N) is 2. The van der Waals surface area contributed by atoms with Crippen LogP contribution in [0.1, 0.15) is 13.3 Å². The number of hydrogen-bond donors (Lipinski definition) is 2. The molecule has 0 radical (unpaired) electrons. The van der Waals surface area contributed by atoms with Crippen LogP contribution in [0.5, 0.6) is 0 Å². The minimum absolute atomic E-state index is 0.0607. The molecule has 104 valence electrons. The molecule has 0 aliphatic carbocycles. The van der Waals surface area contributed by atoms with Crippen molar-refractivity contribution in [3.05, 3.63) is 24.3 Å². The molecule has 0 aromatic heterocycles. The second-order valence-corrected chi connectivity index (χ2v) is 4.68. The van der Waals surface area contributed by atoms with Crippen LogP contribution in [0.3, 0.4) is 0 Å². The molecule has 1 saturated heterocycles. The Morgan fingerprint density at radius 2 is 2.26 bits per heavy atom. The molecule has 2 unspecified atom stereocenters. The van der Waals surface area contributed by atoms with Crippen molar-refractivity contribution in [3.8, 4) is 0 Å². The van der Waals surface area contributed by atoms with E-state index in [9.17, 15) is 4.79 Å². The predicted octanol–water partition coefficient (Wildman–Crippen LogP) is 1.86. The summed E-state index contributed by atoms with van der Waals surface area (Å²) < 4.78 is 10.3. The fourth-order valence-electron chi connectivity index (χ4n) is 2.15. The number of amides is 1. The second kappa shape index (κ2) is 6.54. The minimum Gasteiger partial charge on any atom is -0.380 e. The number of carbonyl (C=O) groups is 1. The van der Waals surface area contributed by atoms with E-state index in [0.29, 0.717) is 6.04 Å². The van der Waals surface area contributed by atoms with Crippen molar-refractivity contribution < 1.29 is 14.3 Å². The molecule has 2 rings (SSSR count). The van der Waals surface area contributed by atoms with Crippen LogP contribution in [0.15, 0.2) is 24.3 Å². The number of hydrogen-bond acceptors (Lipinski definition) is 4. The molecule has 1 aliphatic rings. The summed E-state index contributed by atoms with van der Waals surface area (Å²) in [5.74, 6) is -0.155. The molecule has 1 amide bonds. The van der Waals surface area contributed by atoms with Crippen LogP contribution in [-0.2, 0) is 14.3 Å². The highest BCUT2D eigenvalue weighted by molar-refractivity contribution is 5.92. The van der Waals surface area contributed by atoms with Gasteiger partial charge >= 0.3 is 0 Å². The van der Waals surface area contributed by atoms with E-state index < -0.39 is 0 Å². The van der Waals surface area contributed by atoms with Gasteiger partial charge in [-0.1, -0.05) is 6.07 Å². The highest BCUT2D eigenvalue weighted by Crippen LogP contribution is 2.21. The van der Waals surface area contributed by atoms with E-state index in [0.717, 1.165) is 24.4 Å². The van der Waals surface area contributed by atoms with Crippen LogP contribution in [0.25, 0.3) is 0 Å². The van der Waals surface area contributed by atoms with Crippen molar-refractivity contribution in [2.75, 3.05) is 31.0 Å². The lowest BCUT2D eigenvalue weighted by Gasteiger charge is -2.18. The number of benzene rings is 1. The van der Waals surface area contributed by atoms with E-state index in [-0.39, 0.29) is 18.6 Å². The molecule has 0 bridgehead atoms. The number of carbonyl (C=O) groups excluding carboxylic acids is 1. The molecule has 5 nitrogen and oxygen atoms in total. The Morgan fingerprint density at radius 3 is 2.95 bits per heavy atom. The van der Waals surface area contributed by atoms with E-state index in [2.05, 4.69) is 17.6 Å². The number of anilines is 2. The first-order valence-corrected chi connectivity index (χ1v) is 6.46. The maximum atomic E-state index is 11.4. The quantitative estimate of drug-likeness (QED) is 0.852. The van der Waals surface area contributed by atoms with Gasteiger partial charge in [0.2, 0.25) is 5.91 Å². The third kappa shape index (κ3) is 3.94. The maximum Gasteiger partial charge on any atom is 0.250 e. The fraction of sp³-hybridized carbons (Fsp3) is 0.500. The fourth-order valence-corrected chi connectivity index (χ4v) is 2.15. The topological polar surface area (TPSA) is 59.6 Å². The average molecular weight is 264 g/mol. The van der Waals surface area contributed by atoms with Crippen molar-refractivity contribution in [2.24, 2.45) is 0 Å². The molecule has 0 saturated carbocycles. The Labute approximate surface area is 113 Å². The molecular weight excluding hydrogens is 244 g/mol. The number of ether oxygens (including phenoxy) is 2. The van der Waals surface area contributed by atoms with Gasteiger partial charge in [-0.15, -0.1) is 0 Å². The molecule has 1 aliphatic heterocycles. The Hall–Kier alpha value is -1.59. The number of methoxy groups -OCH3 is 1. The zero-order valence-corrected chi connectivity index (χ0v) is 11.3. The van der Waals surface area contributed by atoms with Gasteiger partial charge in [-0.3, -0.25) is 4.79 Å². The molecule has 19 heavy (non-hydrogen) atoms. The van der Waals surface area contributed by atoms with Gasteiger partial charge in [0.15, 0.2) is 0 Å². The average Bonchev–Trinajstić information content (AvgIpc) is 2.76. The summed E-state index contributed by atoms with van der Waals surface area (Å²) in [5, 5.41) is 6.21. The first-order valence-electron chi connectivity index (χ1n) is 6.46. The highest BCUT2D eigenvalue weighted by atomic mass is 16.5. The lowest BCUT2D eigenvalue weighted by atomic mass is 10.1. The molecule has 2 atom stereocenters. The largest absolute Gasteiger partial charge is 0.380 e. The van der Waals surface area contributed by atoms with Crippen LogP contribution in [-0.4, -0.2) is 38.4 Å². The van der Waals surface area contributed by atoms with E-state index in [1.54, 1.807) is 0 Å². The summed E-state index contributed by atoms with van der Waals surface area (Å²) >= 11 is 0. The van der Waals surface area contributed by atoms with Gasteiger partial charge in [-0.25, -0.2) is 0 Å². The van der Waals surface area contributed by atoms with E-state index in [1.165, 1.54) is 7.11 Å². The van der Waals surface area contributed by atoms with Crippen LogP contribution in [0.4, 0.5) is 11.4 Å². The third-order valence-corrected chi connectivity index (χ3v) is 3.15. The molecule has 1 aromatic rings. The summed E-state index contributed by atoms with van der Waals surface area (Å²) in [7, 11) is 1.50. The number of rotatable bonds is 5. The van der Waals surface area contributed by atoms with Gasteiger partial charge < -0.3 is 20.1 Å². The van der Waals surface area contributed by atoms with Crippen molar-refractivity contribution >= 4 is 17.3 Å². The molecule has 2 N–H and O–H groups in total. The maximum absolute atomic E-state index is 11.4. The minimum atomic E-state index is -0.155. The van der Waals surface area contributed by atoms with Gasteiger partial charge in [0.25, 0.3) is 0 Å². The zero-order valence-electron chi connectivity index (χ0n) is 11.3.